The van der Waals surface area contributed by atoms with Crippen LogP contribution in [0.5, 0.6) is 5.75 Å². The first-order valence-corrected chi connectivity index (χ1v) is 11.3. The third kappa shape index (κ3) is 5.52. The van der Waals surface area contributed by atoms with Gasteiger partial charge in [0, 0.05) is 42.0 Å². The van der Waals surface area contributed by atoms with Crippen LogP contribution in [0.15, 0.2) is 60.7 Å². The molecule has 0 atom stereocenters. The summed E-state index contributed by atoms with van der Waals surface area (Å²) in [6, 6.07) is 18.5. The molecule has 0 unspecified atom stereocenters. The number of nitrogens with two attached hydrogens (primary N) is 1. The smallest absolute Gasteiger partial charge is 0.307 e. The Hall–Kier alpha value is -3.38. The minimum Gasteiger partial charge on any atom is -0.489 e. The molecule has 3 aromatic carbocycles. The predicted octanol–water partition coefficient (Wildman–Crippen LogP) is 5.15. The molecule has 3 aromatic rings. The van der Waals surface area contributed by atoms with Gasteiger partial charge in [-0.1, -0.05) is 36.4 Å². The first kappa shape index (κ1) is 22.8. The molecule has 33 heavy (non-hydrogen) atoms. The molecular formula is C27H29FN2O3. The predicted molar refractivity (Wildman–Crippen MR) is 128 cm³/mol. The van der Waals surface area contributed by atoms with E-state index in [1.807, 2.05) is 24.3 Å². The lowest BCUT2D eigenvalue weighted by molar-refractivity contribution is -0.136. The van der Waals surface area contributed by atoms with Crippen LogP contribution >= 0.6 is 0 Å². The zero-order valence-corrected chi connectivity index (χ0v) is 18.6. The fraction of sp³-hybridized carbons (Fsp3) is 0.296. The fourth-order valence-electron chi connectivity index (χ4n) is 4.32. The number of carbonyl (C=O) groups is 1. The van der Waals surface area contributed by atoms with E-state index in [-0.39, 0.29) is 25.4 Å². The summed E-state index contributed by atoms with van der Waals surface area (Å²) < 4.78 is 21.1. The van der Waals surface area contributed by atoms with Gasteiger partial charge >= 0.3 is 5.97 Å². The molecule has 0 spiro atoms. The van der Waals surface area contributed by atoms with Gasteiger partial charge in [0.25, 0.3) is 0 Å². The van der Waals surface area contributed by atoms with Gasteiger partial charge in [0.15, 0.2) is 0 Å². The Kier molecular flexibility index (Phi) is 7.25. The lowest BCUT2D eigenvalue weighted by atomic mass is 9.98. The molecule has 172 valence electrons. The molecule has 3 N–H and O–H groups in total. The molecule has 1 fully saturated rings. The fourth-order valence-corrected chi connectivity index (χ4v) is 4.32. The number of anilines is 1. The van der Waals surface area contributed by atoms with E-state index in [1.165, 1.54) is 6.42 Å². The Morgan fingerprint density at radius 2 is 1.76 bits per heavy atom. The number of benzene rings is 3. The molecule has 0 radical (unpaired) electrons. The Bertz CT molecular complexity index is 1130. The highest BCUT2D eigenvalue weighted by Gasteiger charge is 2.16. The second-order valence-electron chi connectivity index (χ2n) is 8.39. The van der Waals surface area contributed by atoms with Gasteiger partial charge in [-0.25, -0.2) is 4.39 Å². The number of rotatable bonds is 8. The van der Waals surface area contributed by atoms with Crippen molar-refractivity contribution >= 4 is 11.7 Å². The van der Waals surface area contributed by atoms with E-state index in [0.29, 0.717) is 22.4 Å². The van der Waals surface area contributed by atoms with Crippen LogP contribution < -0.4 is 15.4 Å². The van der Waals surface area contributed by atoms with Crippen molar-refractivity contribution in [2.45, 2.75) is 38.8 Å². The van der Waals surface area contributed by atoms with Gasteiger partial charge in [-0.15, -0.1) is 0 Å². The van der Waals surface area contributed by atoms with Crippen molar-refractivity contribution in [1.82, 2.24) is 0 Å². The summed E-state index contributed by atoms with van der Waals surface area (Å²) in [5.74, 6) is -0.661. The maximum atomic E-state index is 15.1. The minimum absolute atomic E-state index is 0.105. The molecule has 0 saturated carbocycles. The topological polar surface area (TPSA) is 75.8 Å². The standard InChI is InChI=1S/C27H29FN2O3/c28-27-21(17-29)8-6-9-24(27)22-13-19(14-23(15-22)30-11-4-1-5-12-30)18-33-25-10-3-2-7-20(25)16-26(31)32/h2-3,6-10,13-15H,1,4-5,11-12,16-18,29H2,(H,31,32). The van der Waals surface area contributed by atoms with Crippen molar-refractivity contribution in [3.05, 3.63) is 83.2 Å². The molecule has 5 nitrogen and oxygen atoms in total. The molecule has 1 heterocycles. The Morgan fingerprint density at radius 1 is 1.00 bits per heavy atom. The van der Waals surface area contributed by atoms with Crippen molar-refractivity contribution in [2.24, 2.45) is 5.73 Å². The van der Waals surface area contributed by atoms with Gasteiger partial charge in [-0.05, 0) is 54.7 Å². The van der Waals surface area contributed by atoms with Crippen molar-refractivity contribution in [3.63, 3.8) is 0 Å². The van der Waals surface area contributed by atoms with Crippen molar-refractivity contribution in [2.75, 3.05) is 18.0 Å². The van der Waals surface area contributed by atoms with Crippen LogP contribution in [0, 0.1) is 5.82 Å². The van der Waals surface area contributed by atoms with Crippen molar-refractivity contribution in [3.8, 4) is 16.9 Å². The second-order valence-corrected chi connectivity index (χ2v) is 8.39. The maximum absolute atomic E-state index is 15.1. The van der Waals surface area contributed by atoms with Crippen LogP contribution in [0.25, 0.3) is 11.1 Å². The number of para-hydroxylation sites is 1. The van der Waals surface area contributed by atoms with Gasteiger partial charge in [-0.3, -0.25) is 4.79 Å². The second kappa shape index (κ2) is 10.5. The van der Waals surface area contributed by atoms with E-state index < -0.39 is 5.97 Å². The van der Waals surface area contributed by atoms with E-state index in [0.717, 1.165) is 42.7 Å². The summed E-state index contributed by atoms with van der Waals surface area (Å²) >= 11 is 0. The van der Waals surface area contributed by atoms with Crippen LogP contribution in [-0.2, 0) is 24.4 Å². The molecule has 1 aliphatic rings. The number of carboxylic acid groups (broad SMARTS) is 1. The molecule has 0 aliphatic carbocycles. The van der Waals surface area contributed by atoms with E-state index in [4.69, 9.17) is 10.5 Å². The van der Waals surface area contributed by atoms with Gasteiger partial charge in [0.05, 0.1) is 6.42 Å². The van der Waals surface area contributed by atoms with Crippen LogP contribution in [0.2, 0.25) is 0 Å². The highest BCUT2D eigenvalue weighted by Crippen LogP contribution is 2.32. The molecule has 1 aliphatic heterocycles. The Morgan fingerprint density at radius 3 is 2.52 bits per heavy atom. The molecule has 4 rings (SSSR count). The third-order valence-electron chi connectivity index (χ3n) is 6.02. The molecule has 0 amide bonds. The molecule has 1 saturated heterocycles. The lowest BCUT2D eigenvalue weighted by Crippen LogP contribution is -2.29. The number of aliphatic carboxylic acids is 1. The Labute approximate surface area is 193 Å². The number of halogens is 1. The Balaban J connectivity index is 1.68. The van der Waals surface area contributed by atoms with Crippen LogP contribution in [0.3, 0.4) is 0 Å². The monoisotopic (exact) mass is 448 g/mol. The minimum atomic E-state index is -0.907. The van der Waals surface area contributed by atoms with Crippen LogP contribution in [-0.4, -0.2) is 24.2 Å². The first-order chi connectivity index (χ1) is 16.0. The number of piperidine rings is 1. The van der Waals surface area contributed by atoms with E-state index in [2.05, 4.69) is 11.0 Å². The van der Waals surface area contributed by atoms with Gasteiger partial charge in [0.2, 0.25) is 0 Å². The maximum Gasteiger partial charge on any atom is 0.307 e. The van der Waals surface area contributed by atoms with E-state index in [1.54, 1.807) is 30.3 Å². The van der Waals surface area contributed by atoms with Crippen LogP contribution in [0.1, 0.15) is 36.0 Å². The largest absolute Gasteiger partial charge is 0.489 e. The van der Waals surface area contributed by atoms with Gasteiger partial charge in [0.1, 0.15) is 18.2 Å². The number of nitrogens with zero attached hydrogens (tertiary/aromatic N) is 1. The highest BCUT2D eigenvalue weighted by molar-refractivity contribution is 5.72. The zero-order valence-electron chi connectivity index (χ0n) is 18.6. The number of ether oxygens (including phenoxy) is 1. The van der Waals surface area contributed by atoms with E-state index >= 15 is 4.39 Å². The summed E-state index contributed by atoms with van der Waals surface area (Å²) in [5.41, 5.74) is 10.1. The quantitative estimate of drug-likeness (QED) is 0.499. The first-order valence-electron chi connectivity index (χ1n) is 11.3. The third-order valence-corrected chi connectivity index (χ3v) is 6.02. The molecular weight excluding hydrogens is 419 g/mol. The van der Waals surface area contributed by atoms with Gasteiger partial charge in [-0.2, -0.15) is 0 Å². The molecule has 6 heteroatoms. The summed E-state index contributed by atoms with van der Waals surface area (Å²) in [5, 5.41) is 9.18. The normalized spacial score (nSPS) is 13.7. The summed E-state index contributed by atoms with van der Waals surface area (Å²) in [7, 11) is 0. The molecule has 0 bridgehead atoms. The summed E-state index contributed by atoms with van der Waals surface area (Å²) in [6.45, 7) is 2.33. The van der Waals surface area contributed by atoms with Crippen molar-refractivity contribution in [1.29, 1.82) is 0 Å². The van der Waals surface area contributed by atoms with Crippen LogP contribution in [0.4, 0.5) is 10.1 Å². The number of hydrogen-bond acceptors (Lipinski definition) is 4. The number of carboxylic acids is 1. The number of hydrogen-bond donors (Lipinski definition) is 2. The van der Waals surface area contributed by atoms with Gasteiger partial charge < -0.3 is 20.5 Å². The van der Waals surface area contributed by atoms with E-state index in [9.17, 15) is 9.90 Å². The molecule has 0 aromatic heterocycles. The lowest BCUT2D eigenvalue weighted by Gasteiger charge is -2.29. The average Bonchev–Trinajstić information content (AvgIpc) is 2.83. The van der Waals surface area contributed by atoms with Crippen molar-refractivity contribution < 1.29 is 19.0 Å². The summed E-state index contributed by atoms with van der Waals surface area (Å²) in [6.07, 6.45) is 3.39. The summed E-state index contributed by atoms with van der Waals surface area (Å²) in [4.78, 5) is 13.5. The zero-order chi connectivity index (χ0) is 23.2. The SMILES string of the molecule is NCc1cccc(-c2cc(COc3ccccc3CC(=O)O)cc(N3CCCCC3)c2)c1F. The average molecular weight is 449 g/mol. The highest BCUT2D eigenvalue weighted by atomic mass is 19.1.